The number of unbranched alkanes of at least 4 members (excludes halogenated alkanes) is 1. The number of methoxy groups -OCH3 is 1. The first-order valence-electron chi connectivity index (χ1n) is 14.2. The van der Waals surface area contributed by atoms with E-state index in [1.807, 2.05) is 53.4 Å². The number of anilines is 1. The van der Waals surface area contributed by atoms with Crippen LogP contribution in [0.2, 0.25) is 0 Å². The molecule has 0 radical (unpaired) electrons. The summed E-state index contributed by atoms with van der Waals surface area (Å²) < 4.78 is 10.5. The SMILES string of the molecule is COc1cccc(NC(=O)NCc2ccccc2-c2ccc(C(C)(C)CCCCC(=O)N3CCOCC3)cc2O)c1. The van der Waals surface area contributed by atoms with E-state index in [0.717, 1.165) is 36.0 Å². The van der Waals surface area contributed by atoms with Crippen molar-refractivity contribution >= 4 is 17.6 Å². The Morgan fingerprint density at radius 1 is 0.976 bits per heavy atom. The molecule has 3 amide bonds. The lowest BCUT2D eigenvalue weighted by molar-refractivity contribution is -0.135. The smallest absolute Gasteiger partial charge is 0.319 e. The third-order valence-electron chi connectivity index (χ3n) is 7.66. The highest BCUT2D eigenvalue weighted by Crippen LogP contribution is 2.37. The number of hydrogen-bond acceptors (Lipinski definition) is 5. The first-order chi connectivity index (χ1) is 19.8. The Hall–Kier alpha value is -4.04. The standard InChI is InChI=1S/C33H41N3O5/c1-33(2,16-7-6-13-31(38)36-17-19-41-20-18-36)25-14-15-29(30(37)21-25)28-12-5-4-9-24(28)23-34-32(39)35-26-10-8-11-27(22-26)40-3/h4-5,8-12,14-15,21-22,37H,6-7,13,16-20,23H2,1-3H3,(H2,34,35,39). The molecule has 1 heterocycles. The van der Waals surface area contributed by atoms with Crippen molar-refractivity contribution in [3.63, 3.8) is 0 Å². The molecule has 1 fully saturated rings. The molecule has 4 rings (SSSR count). The summed E-state index contributed by atoms with van der Waals surface area (Å²) in [6.45, 7) is 7.25. The number of phenolic OH excluding ortho intramolecular Hbond substituents is 1. The Morgan fingerprint density at radius 3 is 2.51 bits per heavy atom. The number of nitrogens with zero attached hydrogens (tertiary/aromatic N) is 1. The highest BCUT2D eigenvalue weighted by Gasteiger charge is 2.23. The predicted octanol–water partition coefficient (Wildman–Crippen LogP) is 6.09. The number of urea groups is 1. The molecule has 41 heavy (non-hydrogen) atoms. The number of morpholine rings is 1. The Balaban J connectivity index is 1.35. The summed E-state index contributed by atoms with van der Waals surface area (Å²) in [5.41, 5.74) is 3.99. The van der Waals surface area contributed by atoms with Gasteiger partial charge in [-0.2, -0.15) is 0 Å². The third-order valence-corrected chi connectivity index (χ3v) is 7.66. The molecule has 0 spiro atoms. The second-order valence-corrected chi connectivity index (χ2v) is 11.0. The summed E-state index contributed by atoms with van der Waals surface area (Å²) in [5.74, 6) is 1.07. The van der Waals surface area contributed by atoms with Crippen LogP contribution in [0.1, 0.15) is 50.7 Å². The zero-order valence-electron chi connectivity index (χ0n) is 24.2. The molecule has 3 aromatic carbocycles. The predicted molar refractivity (Wildman–Crippen MR) is 161 cm³/mol. The molecule has 218 valence electrons. The van der Waals surface area contributed by atoms with Crippen molar-refractivity contribution in [2.75, 3.05) is 38.7 Å². The van der Waals surface area contributed by atoms with Crippen molar-refractivity contribution in [2.24, 2.45) is 0 Å². The number of hydrogen-bond donors (Lipinski definition) is 3. The number of rotatable bonds is 11. The van der Waals surface area contributed by atoms with Gasteiger partial charge in [0, 0.05) is 43.4 Å². The molecule has 0 bridgehead atoms. The monoisotopic (exact) mass is 559 g/mol. The van der Waals surface area contributed by atoms with E-state index in [1.54, 1.807) is 19.2 Å². The van der Waals surface area contributed by atoms with Crippen molar-refractivity contribution in [3.8, 4) is 22.6 Å². The molecule has 3 N–H and O–H groups in total. The summed E-state index contributed by atoms with van der Waals surface area (Å²) in [5, 5.41) is 16.8. The van der Waals surface area contributed by atoms with Crippen LogP contribution in [0.4, 0.5) is 10.5 Å². The lowest BCUT2D eigenvalue weighted by Gasteiger charge is -2.28. The maximum absolute atomic E-state index is 12.5. The molecule has 0 atom stereocenters. The highest BCUT2D eigenvalue weighted by molar-refractivity contribution is 5.89. The van der Waals surface area contributed by atoms with Gasteiger partial charge < -0.3 is 30.1 Å². The highest BCUT2D eigenvalue weighted by atomic mass is 16.5. The minimum atomic E-state index is -0.332. The average molecular weight is 560 g/mol. The van der Waals surface area contributed by atoms with Crippen molar-refractivity contribution in [1.29, 1.82) is 0 Å². The Kier molecular flexibility index (Phi) is 10.2. The van der Waals surface area contributed by atoms with Crippen LogP contribution in [-0.4, -0.2) is 55.4 Å². The molecule has 1 saturated heterocycles. The summed E-state index contributed by atoms with van der Waals surface area (Å²) in [6, 6.07) is 20.4. The van der Waals surface area contributed by atoms with Gasteiger partial charge in [0.2, 0.25) is 5.91 Å². The van der Waals surface area contributed by atoms with Crippen LogP contribution < -0.4 is 15.4 Å². The molecule has 0 aliphatic carbocycles. The van der Waals surface area contributed by atoms with Gasteiger partial charge in [0.25, 0.3) is 0 Å². The number of aromatic hydroxyl groups is 1. The van der Waals surface area contributed by atoms with E-state index in [4.69, 9.17) is 9.47 Å². The van der Waals surface area contributed by atoms with Crippen LogP contribution in [0.25, 0.3) is 11.1 Å². The van der Waals surface area contributed by atoms with Crippen LogP contribution in [0, 0.1) is 0 Å². The Morgan fingerprint density at radius 2 is 1.76 bits per heavy atom. The number of carbonyl (C=O) groups excluding carboxylic acids is 2. The zero-order chi connectivity index (χ0) is 29.2. The number of benzene rings is 3. The fraction of sp³-hybridized carbons (Fsp3) is 0.394. The van der Waals surface area contributed by atoms with E-state index in [9.17, 15) is 14.7 Å². The molecule has 0 aromatic heterocycles. The molecular formula is C33H41N3O5. The Labute approximate surface area is 242 Å². The van der Waals surface area contributed by atoms with Crippen LogP contribution in [0.15, 0.2) is 66.7 Å². The maximum atomic E-state index is 12.5. The number of ether oxygens (including phenoxy) is 2. The van der Waals surface area contributed by atoms with Crippen LogP contribution in [0.3, 0.4) is 0 Å². The lowest BCUT2D eigenvalue weighted by atomic mass is 9.79. The van der Waals surface area contributed by atoms with Gasteiger partial charge in [0.1, 0.15) is 11.5 Å². The number of phenols is 1. The van der Waals surface area contributed by atoms with Gasteiger partial charge in [-0.05, 0) is 53.1 Å². The average Bonchev–Trinajstić information content (AvgIpc) is 2.99. The first kappa shape index (κ1) is 29.9. The van der Waals surface area contributed by atoms with E-state index in [-0.39, 0.29) is 23.1 Å². The van der Waals surface area contributed by atoms with Gasteiger partial charge >= 0.3 is 6.03 Å². The fourth-order valence-electron chi connectivity index (χ4n) is 5.13. The van der Waals surface area contributed by atoms with Gasteiger partial charge in [-0.15, -0.1) is 0 Å². The normalized spacial score (nSPS) is 13.5. The molecular weight excluding hydrogens is 518 g/mol. The van der Waals surface area contributed by atoms with E-state index in [0.29, 0.717) is 56.3 Å². The maximum Gasteiger partial charge on any atom is 0.319 e. The Bertz CT molecular complexity index is 1330. The number of carbonyl (C=O) groups is 2. The molecule has 1 aliphatic heterocycles. The number of amides is 3. The molecule has 8 nitrogen and oxygen atoms in total. The topological polar surface area (TPSA) is 100 Å². The fourth-order valence-corrected chi connectivity index (χ4v) is 5.13. The summed E-state index contributed by atoms with van der Waals surface area (Å²) in [7, 11) is 1.58. The summed E-state index contributed by atoms with van der Waals surface area (Å²) in [6.07, 6.45) is 3.24. The van der Waals surface area contributed by atoms with E-state index in [2.05, 4.69) is 30.5 Å². The second kappa shape index (κ2) is 14.0. The third kappa shape index (κ3) is 8.24. The lowest BCUT2D eigenvalue weighted by Crippen LogP contribution is -2.40. The van der Waals surface area contributed by atoms with Crippen LogP contribution >= 0.6 is 0 Å². The van der Waals surface area contributed by atoms with E-state index >= 15 is 0 Å². The van der Waals surface area contributed by atoms with E-state index in [1.165, 1.54) is 0 Å². The number of nitrogens with one attached hydrogen (secondary N) is 2. The van der Waals surface area contributed by atoms with Crippen LogP contribution in [-0.2, 0) is 21.5 Å². The minimum absolute atomic E-state index is 0.155. The molecule has 0 saturated carbocycles. The van der Waals surface area contributed by atoms with E-state index < -0.39 is 0 Å². The molecule has 3 aromatic rings. The van der Waals surface area contributed by atoms with Crippen molar-refractivity contribution in [3.05, 3.63) is 77.9 Å². The van der Waals surface area contributed by atoms with Gasteiger partial charge in [0.15, 0.2) is 0 Å². The van der Waals surface area contributed by atoms with Gasteiger partial charge in [-0.3, -0.25) is 4.79 Å². The van der Waals surface area contributed by atoms with Gasteiger partial charge in [-0.1, -0.05) is 62.7 Å². The summed E-state index contributed by atoms with van der Waals surface area (Å²) >= 11 is 0. The first-order valence-corrected chi connectivity index (χ1v) is 14.2. The molecule has 0 unspecified atom stereocenters. The quantitative estimate of drug-likeness (QED) is 0.247. The zero-order valence-corrected chi connectivity index (χ0v) is 24.2. The largest absolute Gasteiger partial charge is 0.507 e. The molecule has 1 aliphatic rings. The van der Waals surface area contributed by atoms with Crippen molar-refractivity contribution in [2.45, 2.75) is 51.5 Å². The van der Waals surface area contributed by atoms with Crippen molar-refractivity contribution in [1.82, 2.24) is 10.2 Å². The summed E-state index contributed by atoms with van der Waals surface area (Å²) in [4.78, 5) is 26.9. The van der Waals surface area contributed by atoms with Gasteiger partial charge in [-0.25, -0.2) is 4.79 Å². The van der Waals surface area contributed by atoms with Crippen molar-refractivity contribution < 1.29 is 24.2 Å². The second-order valence-electron chi connectivity index (χ2n) is 11.0. The minimum Gasteiger partial charge on any atom is -0.507 e. The molecule has 8 heteroatoms. The van der Waals surface area contributed by atoms with Gasteiger partial charge in [0.05, 0.1) is 20.3 Å². The van der Waals surface area contributed by atoms with Crippen LogP contribution in [0.5, 0.6) is 11.5 Å².